The molecular formula is C24H30N4O3S. The number of hydrogen-bond acceptors (Lipinski definition) is 7. The molecule has 1 atom stereocenters. The molecule has 4 rings (SSSR count). The number of carbonyl (C=O) groups is 2. The SMILES string of the molecule is CCC1=C(C(=O)OC)C(c2ccccc2C)N2C(CC(=O)N3CCN(C)CC3)=CSC2=N1. The Kier molecular flexibility index (Phi) is 6.71. The molecule has 1 fully saturated rings. The fourth-order valence-electron chi connectivity index (χ4n) is 4.42. The summed E-state index contributed by atoms with van der Waals surface area (Å²) < 4.78 is 5.18. The van der Waals surface area contributed by atoms with Gasteiger partial charge >= 0.3 is 5.97 Å². The van der Waals surface area contributed by atoms with E-state index >= 15 is 0 Å². The van der Waals surface area contributed by atoms with Crippen molar-refractivity contribution in [2.45, 2.75) is 32.7 Å². The largest absolute Gasteiger partial charge is 0.466 e. The number of ether oxygens (including phenoxy) is 1. The molecule has 0 bridgehead atoms. The summed E-state index contributed by atoms with van der Waals surface area (Å²) in [5, 5.41) is 2.81. The number of esters is 1. The van der Waals surface area contributed by atoms with Gasteiger partial charge in [-0.25, -0.2) is 9.79 Å². The molecular weight excluding hydrogens is 424 g/mol. The fraction of sp³-hybridized carbons (Fsp3) is 0.458. The van der Waals surface area contributed by atoms with Gasteiger partial charge in [0.2, 0.25) is 5.91 Å². The van der Waals surface area contributed by atoms with Crippen LogP contribution in [0.15, 0.2) is 51.6 Å². The third-order valence-electron chi connectivity index (χ3n) is 6.30. The normalized spacial score (nSPS) is 21.3. The summed E-state index contributed by atoms with van der Waals surface area (Å²) in [6.07, 6.45) is 0.911. The number of amidine groups is 1. The number of piperazine rings is 1. The average Bonchev–Trinajstić information content (AvgIpc) is 3.20. The molecule has 0 aromatic heterocycles. The van der Waals surface area contributed by atoms with Gasteiger partial charge in [0.25, 0.3) is 0 Å². The lowest BCUT2D eigenvalue weighted by Crippen LogP contribution is -2.47. The van der Waals surface area contributed by atoms with Gasteiger partial charge in [-0.3, -0.25) is 4.79 Å². The highest BCUT2D eigenvalue weighted by Crippen LogP contribution is 2.46. The van der Waals surface area contributed by atoms with E-state index in [0.29, 0.717) is 12.0 Å². The Hall–Kier alpha value is -2.58. The molecule has 0 aliphatic carbocycles. The Bertz CT molecular complexity index is 1010. The van der Waals surface area contributed by atoms with Crippen LogP contribution in [-0.2, 0) is 14.3 Å². The van der Waals surface area contributed by atoms with E-state index in [1.165, 1.54) is 18.9 Å². The van der Waals surface area contributed by atoms with Crippen molar-refractivity contribution in [1.82, 2.24) is 14.7 Å². The number of methoxy groups -OCH3 is 1. The van der Waals surface area contributed by atoms with Crippen LogP contribution < -0.4 is 0 Å². The topological polar surface area (TPSA) is 65.5 Å². The summed E-state index contributed by atoms with van der Waals surface area (Å²) in [6.45, 7) is 7.30. The van der Waals surface area contributed by atoms with E-state index in [4.69, 9.17) is 9.73 Å². The highest BCUT2D eigenvalue weighted by atomic mass is 32.2. The number of rotatable bonds is 5. The summed E-state index contributed by atoms with van der Waals surface area (Å²) in [7, 11) is 3.48. The number of allylic oxidation sites excluding steroid dienone is 1. The Morgan fingerprint density at radius 3 is 2.56 bits per heavy atom. The van der Waals surface area contributed by atoms with Crippen molar-refractivity contribution in [2.75, 3.05) is 40.3 Å². The molecule has 3 heterocycles. The molecule has 8 heteroatoms. The third kappa shape index (κ3) is 4.21. The lowest BCUT2D eigenvalue weighted by atomic mass is 9.90. The second-order valence-electron chi connectivity index (χ2n) is 8.32. The van der Waals surface area contributed by atoms with Crippen LogP contribution in [-0.4, -0.2) is 72.1 Å². The lowest BCUT2D eigenvalue weighted by Gasteiger charge is -2.38. The summed E-state index contributed by atoms with van der Waals surface area (Å²) in [4.78, 5) is 37.1. The Labute approximate surface area is 193 Å². The zero-order valence-electron chi connectivity index (χ0n) is 19.1. The van der Waals surface area contributed by atoms with Gasteiger partial charge in [-0.15, -0.1) is 0 Å². The standard InChI is InChI=1S/C24H30N4O3S/c1-5-19-21(23(30)31-4)22(18-9-7-6-8-16(18)2)28-17(15-32-24(28)25-19)14-20(29)27-12-10-26(3)11-13-27/h6-9,15,22H,5,10-14H2,1-4H3. The Morgan fingerprint density at radius 2 is 1.91 bits per heavy atom. The van der Waals surface area contributed by atoms with Gasteiger partial charge in [0.1, 0.15) is 0 Å². The van der Waals surface area contributed by atoms with Crippen molar-refractivity contribution >= 4 is 28.8 Å². The van der Waals surface area contributed by atoms with E-state index in [0.717, 1.165) is 53.9 Å². The zero-order chi connectivity index (χ0) is 22.8. The number of aliphatic imine (C=N–C) groups is 1. The number of nitrogens with zero attached hydrogens (tertiary/aromatic N) is 4. The molecule has 3 aliphatic heterocycles. The summed E-state index contributed by atoms with van der Waals surface area (Å²) >= 11 is 1.52. The lowest BCUT2D eigenvalue weighted by molar-refractivity contribution is -0.136. The molecule has 1 saturated heterocycles. The number of fused-ring (bicyclic) bond motifs is 1. The van der Waals surface area contributed by atoms with Crippen LogP contribution in [0, 0.1) is 6.92 Å². The minimum atomic E-state index is -0.375. The van der Waals surface area contributed by atoms with E-state index in [1.807, 2.05) is 48.4 Å². The average molecular weight is 455 g/mol. The first-order chi connectivity index (χ1) is 15.4. The van der Waals surface area contributed by atoms with Crippen LogP contribution in [0.25, 0.3) is 0 Å². The third-order valence-corrected chi connectivity index (χ3v) is 7.19. The first-order valence-electron chi connectivity index (χ1n) is 11.0. The van der Waals surface area contributed by atoms with Gasteiger partial charge in [0.05, 0.1) is 30.8 Å². The molecule has 1 unspecified atom stereocenters. The molecule has 1 amide bonds. The quantitative estimate of drug-likeness (QED) is 0.636. The predicted molar refractivity (Wildman–Crippen MR) is 127 cm³/mol. The number of likely N-dealkylation sites (N-methyl/N-ethyl adjacent to an activating group) is 1. The van der Waals surface area contributed by atoms with Gasteiger partial charge in [-0.1, -0.05) is 43.0 Å². The zero-order valence-corrected chi connectivity index (χ0v) is 19.9. The van der Waals surface area contributed by atoms with Gasteiger partial charge in [0.15, 0.2) is 5.17 Å². The number of aryl methyl sites for hydroxylation is 1. The summed E-state index contributed by atoms with van der Waals surface area (Å²) in [5.74, 6) is -0.265. The molecule has 0 saturated carbocycles. The molecule has 0 N–H and O–H groups in total. The van der Waals surface area contributed by atoms with Gasteiger partial charge in [-0.2, -0.15) is 0 Å². The van der Waals surface area contributed by atoms with Crippen LogP contribution in [0.4, 0.5) is 0 Å². The van der Waals surface area contributed by atoms with Crippen LogP contribution >= 0.6 is 11.8 Å². The molecule has 3 aliphatic rings. The number of amides is 1. The highest BCUT2D eigenvalue weighted by Gasteiger charge is 2.42. The summed E-state index contributed by atoms with van der Waals surface area (Å²) in [6, 6.07) is 7.69. The van der Waals surface area contributed by atoms with E-state index in [-0.39, 0.29) is 24.3 Å². The van der Waals surface area contributed by atoms with E-state index in [1.54, 1.807) is 0 Å². The highest BCUT2D eigenvalue weighted by molar-refractivity contribution is 8.16. The van der Waals surface area contributed by atoms with Gasteiger partial charge < -0.3 is 19.4 Å². The van der Waals surface area contributed by atoms with E-state index < -0.39 is 0 Å². The van der Waals surface area contributed by atoms with Crippen molar-refractivity contribution in [3.05, 3.63) is 57.8 Å². The molecule has 170 valence electrons. The van der Waals surface area contributed by atoms with Gasteiger partial charge in [0, 0.05) is 31.9 Å². The van der Waals surface area contributed by atoms with Crippen molar-refractivity contribution in [1.29, 1.82) is 0 Å². The Balaban J connectivity index is 1.70. The predicted octanol–water partition coefficient (Wildman–Crippen LogP) is 3.30. The summed E-state index contributed by atoms with van der Waals surface area (Å²) in [5.41, 5.74) is 4.27. The molecule has 32 heavy (non-hydrogen) atoms. The maximum atomic E-state index is 13.1. The monoisotopic (exact) mass is 454 g/mol. The van der Waals surface area contributed by atoms with Crippen molar-refractivity contribution < 1.29 is 14.3 Å². The minimum Gasteiger partial charge on any atom is -0.466 e. The second-order valence-corrected chi connectivity index (χ2v) is 9.15. The van der Waals surface area contributed by atoms with Crippen molar-refractivity contribution in [3.63, 3.8) is 0 Å². The molecule has 7 nitrogen and oxygen atoms in total. The Morgan fingerprint density at radius 1 is 1.19 bits per heavy atom. The van der Waals surface area contributed by atoms with Crippen molar-refractivity contribution in [3.8, 4) is 0 Å². The number of benzene rings is 1. The number of thioether (sulfide) groups is 1. The number of hydrogen-bond donors (Lipinski definition) is 0. The maximum Gasteiger partial charge on any atom is 0.338 e. The van der Waals surface area contributed by atoms with Crippen LogP contribution in [0.3, 0.4) is 0 Å². The first-order valence-corrected chi connectivity index (χ1v) is 11.9. The maximum absolute atomic E-state index is 13.1. The first kappa shape index (κ1) is 22.6. The van der Waals surface area contributed by atoms with Gasteiger partial charge in [-0.05, 0) is 36.9 Å². The smallest absolute Gasteiger partial charge is 0.338 e. The number of carbonyl (C=O) groups excluding carboxylic acids is 2. The van der Waals surface area contributed by atoms with Crippen LogP contribution in [0.5, 0.6) is 0 Å². The van der Waals surface area contributed by atoms with Crippen LogP contribution in [0.2, 0.25) is 0 Å². The van der Waals surface area contributed by atoms with Crippen molar-refractivity contribution in [2.24, 2.45) is 4.99 Å². The molecule has 0 spiro atoms. The molecule has 1 aromatic carbocycles. The van der Waals surface area contributed by atoms with Crippen LogP contribution in [0.1, 0.15) is 36.9 Å². The fourth-order valence-corrected chi connectivity index (χ4v) is 5.36. The second kappa shape index (κ2) is 9.50. The molecule has 0 radical (unpaired) electrons. The molecule has 1 aromatic rings. The van der Waals surface area contributed by atoms with E-state index in [9.17, 15) is 9.59 Å². The van der Waals surface area contributed by atoms with E-state index in [2.05, 4.69) is 16.8 Å². The minimum absolute atomic E-state index is 0.111.